The molecule has 0 aromatic carbocycles. The van der Waals surface area contributed by atoms with E-state index < -0.39 is 51.2 Å². The molecule has 304 valence electrons. The molecule has 2 atom stereocenters. The molecule has 1 heterocycles. The van der Waals surface area contributed by atoms with E-state index in [-0.39, 0.29) is 41.7 Å². The third kappa shape index (κ3) is 12.3. The van der Waals surface area contributed by atoms with Crippen LogP contribution >= 0.6 is 0 Å². The van der Waals surface area contributed by atoms with Crippen molar-refractivity contribution < 1.29 is 33.2 Å². The van der Waals surface area contributed by atoms with E-state index in [0.717, 1.165) is 0 Å². The number of hydrogen-bond donors (Lipinski definition) is 4. The first-order chi connectivity index (χ1) is 22.8. The van der Waals surface area contributed by atoms with Crippen LogP contribution in [-0.4, -0.2) is 102 Å². The summed E-state index contributed by atoms with van der Waals surface area (Å²) in [6.45, 7) is 38.3. The van der Waals surface area contributed by atoms with Crippen molar-refractivity contribution in [3.05, 3.63) is 0 Å². The molecule has 0 radical (unpaired) electrons. The number of carbonyl (C=O) groups is 5. The number of carboxylic acids is 1. The van der Waals surface area contributed by atoms with E-state index in [9.17, 15) is 24.0 Å². The third-order valence-electron chi connectivity index (χ3n) is 13.6. The largest absolute Gasteiger partial charge is 0.480 e. The first-order valence-electron chi connectivity index (χ1n) is 18.8. The van der Waals surface area contributed by atoms with Crippen molar-refractivity contribution in [3.8, 4) is 0 Å². The van der Waals surface area contributed by atoms with Gasteiger partial charge in [0.05, 0.1) is 11.5 Å². The van der Waals surface area contributed by atoms with Crippen molar-refractivity contribution in [3.63, 3.8) is 0 Å². The van der Waals surface area contributed by atoms with Crippen molar-refractivity contribution in [2.45, 2.75) is 167 Å². The highest BCUT2D eigenvalue weighted by molar-refractivity contribution is 5.86. The minimum Gasteiger partial charge on any atom is -0.480 e. The van der Waals surface area contributed by atoms with Crippen LogP contribution in [0.2, 0.25) is 0 Å². The number of aldehydes is 2. The first-order valence-corrected chi connectivity index (χ1v) is 17.8. The van der Waals surface area contributed by atoms with E-state index in [0.29, 0.717) is 0 Å². The fourth-order valence-corrected chi connectivity index (χ4v) is 4.53. The summed E-state index contributed by atoms with van der Waals surface area (Å²) in [6.07, 6.45) is -1.18. The van der Waals surface area contributed by atoms with Gasteiger partial charge in [0.1, 0.15) is 21.3 Å². The second kappa shape index (κ2) is 17.6. The molecule has 2 unspecified atom stereocenters. The standard InChI is InChI=1S/C15H30N2O2.C10H19NO.C10H21NO.C5H11NO2.H2/c1-11(17(8)9)12(19)16-15(6,7)14(4,5)13(2,3)10-18;1-8(2)7(12)11-10(5,6)9(8,3)4;1-8(2,7-12)9(3,4)10(5,6)11;1-4(5(7)8)6(2)3;/h10-11H,1-9H3,(H,16,19);1-6H3,(H,11,12);7H,11H2,1-6H3;4H,1-3H3,(H,7,8);1H/i10D;;7D;;1+1. The maximum Gasteiger partial charge on any atom is 0.320 e. The van der Waals surface area contributed by atoms with Gasteiger partial charge in [0.2, 0.25) is 11.8 Å². The highest BCUT2D eigenvalue weighted by atomic mass is 16.4. The Labute approximate surface area is 317 Å². The van der Waals surface area contributed by atoms with E-state index in [1.807, 2.05) is 95.2 Å². The summed E-state index contributed by atoms with van der Waals surface area (Å²) in [5.41, 5.74) is 1.99. The van der Waals surface area contributed by atoms with Gasteiger partial charge in [0.25, 0.3) is 0 Å². The third-order valence-corrected chi connectivity index (χ3v) is 13.6. The van der Waals surface area contributed by atoms with Crippen LogP contribution in [0.3, 0.4) is 0 Å². The van der Waals surface area contributed by atoms with Crippen LogP contribution in [0.5, 0.6) is 0 Å². The molecule has 1 fully saturated rings. The Kier molecular flexibility index (Phi) is 16.8. The fraction of sp³-hybridized carbons (Fsp3) is 0.875. The Hall–Kier alpha value is -2.37. The second-order valence-electron chi connectivity index (χ2n) is 19.5. The van der Waals surface area contributed by atoms with Gasteiger partial charge in [-0.3, -0.25) is 24.2 Å². The Morgan fingerprint density at radius 1 is 0.784 bits per heavy atom. The van der Waals surface area contributed by atoms with E-state index in [2.05, 4.69) is 38.3 Å². The minimum absolute atomic E-state index is 0. The summed E-state index contributed by atoms with van der Waals surface area (Å²) in [6, 6.07) is -0.630. The summed E-state index contributed by atoms with van der Waals surface area (Å²) < 4.78 is 14.7. The molecule has 0 aliphatic carbocycles. The average molecular weight is 733 g/mol. The van der Waals surface area contributed by atoms with Gasteiger partial charge in [-0.1, -0.05) is 83.1 Å². The Balaban J connectivity index is -0.000000322. The van der Waals surface area contributed by atoms with Crippen LogP contribution in [0.1, 0.15) is 143 Å². The van der Waals surface area contributed by atoms with Gasteiger partial charge < -0.3 is 31.1 Å². The lowest BCUT2D eigenvalue weighted by Crippen LogP contribution is -2.61. The van der Waals surface area contributed by atoms with Gasteiger partial charge in [-0.2, -0.15) is 0 Å². The molecule has 5 N–H and O–H groups in total. The van der Waals surface area contributed by atoms with Crippen LogP contribution in [0.4, 0.5) is 0 Å². The molecule has 1 rings (SSSR count). The number of carboxylic acid groups (broad SMARTS) is 1. The maximum atomic E-state index is 12.3. The number of nitrogens with one attached hydrogen (secondary N) is 2. The van der Waals surface area contributed by atoms with E-state index in [1.54, 1.807) is 53.6 Å². The van der Waals surface area contributed by atoms with Gasteiger partial charge in [-0.05, 0) is 94.4 Å². The molecule has 1 aliphatic rings. The molecule has 51 heavy (non-hydrogen) atoms. The molecule has 0 saturated carbocycles. The molecular formula is C40H83N5O6. The number of hydrogen-bond acceptors (Lipinski definition) is 8. The number of aliphatic carboxylic acids is 1. The summed E-state index contributed by atoms with van der Waals surface area (Å²) in [7, 11) is 7.16. The molecule has 11 nitrogen and oxygen atoms in total. The fourth-order valence-electron chi connectivity index (χ4n) is 4.53. The quantitative estimate of drug-likeness (QED) is 0.179. The minimum atomic E-state index is -0.856. The number of nitrogens with two attached hydrogens (primary N) is 1. The summed E-state index contributed by atoms with van der Waals surface area (Å²) in [5.74, 6) is -0.700. The highest BCUT2D eigenvalue weighted by Gasteiger charge is 2.58. The van der Waals surface area contributed by atoms with Crippen LogP contribution < -0.4 is 16.4 Å². The SMILES string of the molecule is CC(C(=O)O)N(C)C.CC1(C)NC(=O)C(C)(C)C1(C)C.[2HH].[2H]C(=O)C(C)(C)C(C)(C)C(C)(C)N.[2H]C(=O)C(C)(C)C(C)(C)C(C)(C)NC(=O)C(C)N(C)C. The molecule has 2 amide bonds. The lowest BCUT2D eigenvalue weighted by Gasteiger charge is -2.50. The number of amides is 2. The van der Waals surface area contributed by atoms with E-state index in [4.69, 9.17) is 13.6 Å². The van der Waals surface area contributed by atoms with Gasteiger partial charge in [0.15, 0.2) is 0 Å². The first kappa shape index (κ1) is 48.6. The molecule has 0 aromatic rings. The molecule has 1 aliphatic heterocycles. The molecule has 11 heteroatoms. The van der Waals surface area contributed by atoms with Crippen molar-refractivity contribution in [1.29, 1.82) is 0 Å². The molecule has 1 saturated heterocycles. The smallest absolute Gasteiger partial charge is 0.320 e. The van der Waals surface area contributed by atoms with Crippen LogP contribution in [0.15, 0.2) is 0 Å². The van der Waals surface area contributed by atoms with E-state index >= 15 is 0 Å². The lowest BCUT2D eigenvalue weighted by molar-refractivity contribution is -0.141. The predicted octanol–water partition coefficient (Wildman–Crippen LogP) is 6.27. The average Bonchev–Trinajstić information content (AvgIpc) is 3.05. The monoisotopic (exact) mass is 733 g/mol. The Morgan fingerprint density at radius 3 is 1.27 bits per heavy atom. The summed E-state index contributed by atoms with van der Waals surface area (Å²) in [5, 5.41) is 14.4. The zero-order valence-corrected chi connectivity index (χ0v) is 37.1. The van der Waals surface area contributed by atoms with Gasteiger partial charge >= 0.3 is 5.97 Å². The van der Waals surface area contributed by atoms with Crippen molar-refractivity contribution in [1.82, 2.24) is 20.4 Å². The highest BCUT2D eigenvalue weighted by Crippen LogP contribution is 2.51. The van der Waals surface area contributed by atoms with Gasteiger partial charge in [-0.15, -0.1) is 0 Å². The van der Waals surface area contributed by atoms with Crippen molar-refractivity contribution >= 4 is 30.3 Å². The Morgan fingerprint density at radius 2 is 1.12 bits per heavy atom. The number of nitrogens with zero attached hydrogens (tertiary/aromatic N) is 2. The summed E-state index contributed by atoms with van der Waals surface area (Å²) in [4.78, 5) is 60.3. The number of carbonyl (C=O) groups excluding carboxylic acids is 4. The summed E-state index contributed by atoms with van der Waals surface area (Å²) >= 11 is 0. The maximum absolute atomic E-state index is 12.3. The van der Waals surface area contributed by atoms with E-state index in [1.165, 1.54) is 0 Å². The number of rotatable bonds is 11. The lowest BCUT2D eigenvalue weighted by atomic mass is 9.59. The van der Waals surface area contributed by atoms with Crippen LogP contribution in [0.25, 0.3) is 0 Å². The topological polar surface area (TPSA) is 162 Å². The van der Waals surface area contributed by atoms with Crippen LogP contribution in [0, 0.1) is 32.5 Å². The van der Waals surface area contributed by atoms with Crippen molar-refractivity contribution in [2.24, 2.45) is 38.2 Å². The number of likely N-dealkylation sites (N-methyl/N-ethyl adjacent to an activating group) is 2. The second-order valence-corrected chi connectivity index (χ2v) is 19.5. The normalized spacial score (nSPS) is 18.9. The Bertz CT molecular complexity index is 1300. The predicted molar refractivity (Wildman–Crippen MR) is 214 cm³/mol. The molecule has 0 spiro atoms. The van der Waals surface area contributed by atoms with Gasteiger partial charge in [-0.25, -0.2) is 0 Å². The molecule has 0 aromatic heterocycles. The van der Waals surface area contributed by atoms with Gasteiger partial charge in [0, 0.05) is 34.3 Å². The van der Waals surface area contributed by atoms with Crippen molar-refractivity contribution in [2.75, 3.05) is 28.2 Å². The molecular weight excluding hydrogens is 646 g/mol. The zero-order chi connectivity index (χ0) is 44.1. The molecule has 0 bridgehead atoms. The zero-order valence-electron chi connectivity index (χ0n) is 39.1. The van der Waals surface area contributed by atoms with Crippen LogP contribution in [-0.2, 0) is 24.0 Å².